The van der Waals surface area contributed by atoms with E-state index in [0.29, 0.717) is 6.04 Å². The SMILES string of the molecule is O=C([O-])c1cccc2c1c(CCN[C@@H]1CN3CCC1CC3)cn2Cc1ccccc1.[Li+]. The number of benzene rings is 2. The number of carbonyl (C=O) groups is 1. The van der Waals surface area contributed by atoms with Gasteiger partial charge in [-0.1, -0.05) is 42.5 Å². The molecule has 1 aromatic heterocycles. The second-order valence-electron chi connectivity index (χ2n) is 8.70. The number of rotatable bonds is 7. The smallest absolute Gasteiger partial charge is 0.545 e. The average molecular weight is 409 g/mol. The van der Waals surface area contributed by atoms with Gasteiger partial charge >= 0.3 is 18.9 Å². The van der Waals surface area contributed by atoms with E-state index in [1.807, 2.05) is 30.3 Å². The van der Waals surface area contributed by atoms with Crippen molar-refractivity contribution in [2.75, 3.05) is 26.2 Å². The Hall–Kier alpha value is -2.03. The van der Waals surface area contributed by atoms with Crippen molar-refractivity contribution in [1.82, 2.24) is 14.8 Å². The molecule has 3 saturated heterocycles. The first kappa shape index (κ1) is 22.2. The molecule has 0 radical (unpaired) electrons. The molecule has 3 aliphatic rings. The zero-order chi connectivity index (χ0) is 20.5. The molecule has 0 aliphatic carbocycles. The van der Waals surface area contributed by atoms with Crippen molar-refractivity contribution in [3.05, 3.63) is 71.4 Å². The number of carbonyl (C=O) groups excluding carboxylic acids is 1. The summed E-state index contributed by atoms with van der Waals surface area (Å²) in [4.78, 5) is 14.4. The van der Waals surface area contributed by atoms with Crippen LogP contribution in [0.4, 0.5) is 0 Å². The second-order valence-corrected chi connectivity index (χ2v) is 8.70. The third-order valence-corrected chi connectivity index (χ3v) is 6.86. The fraction of sp³-hybridized carbons (Fsp3) is 0.400. The first-order valence-electron chi connectivity index (χ1n) is 11.0. The van der Waals surface area contributed by atoms with Gasteiger partial charge in [0.15, 0.2) is 0 Å². The summed E-state index contributed by atoms with van der Waals surface area (Å²) in [5.74, 6) is -0.321. The Morgan fingerprint density at radius 1 is 1.06 bits per heavy atom. The van der Waals surface area contributed by atoms with Gasteiger partial charge in [0.05, 0.1) is 5.97 Å². The third-order valence-electron chi connectivity index (χ3n) is 6.86. The summed E-state index contributed by atoms with van der Waals surface area (Å²) in [5, 5.41) is 16.4. The number of aromatic carboxylic acids is 1. The standard InChI is InChI=1S/C25H29N3O2.Li/c29-25(30)21-7-4-8-23-24(21)20(16-28(23)15-18-5-2-1-3-6-18)9-12-26-22-17-27-13-10-19(22)11-14-27;/h1-8,16,19,22,26H,9-15,17H2,(H,29,30);/q;+1/p-1/t22-;/m1./s1. The molecule has 3 fully saturated rings. The number of piperidine rings is 3. The number of nitrogens with zero attached hydrogens (tertiary/aromatic N) is 2. The molecule has 3 aliphatic heterocycles. The Morgan fingerprint density at radius 2 is 1.84 bits per heavy atom. The molecule has 31 heavy (non-hydrogen) atoms. The van der Waals surface area contributed by atoms with Crippen molar-refractivity contribution in [3.8, 4) is 0 Å². The number of aromatic nitrogens is 1. The summed E-state index contributed by atoms with van der Waals surface area (Å²) < 4.78 is 2.17. The summed E-state index contributed by atoms with van der Waals surface area (Å²) in [7, 11) is 0. The minimum absolute atomic E-state index is 0. The van der Waals surface area contributed by atoms with Crippen LogP contribution in [0.15, 0.2) is 54.7 Å². The van der Waals surface area contributed by atoms with Crippen LogP contribution < -0.4 is 29.3 Å². The Labute approximate surface area is 195 Å². The van der Waals surface area contributed by atoms with Gasteiger partial charge in [-0.2, -0.15) is 0 Å². The summed E-state index contributed by atoms with van der Waals surface area (Å²) in [5.41, 5.74) is 3.52. The van der Waals surface area contributed by atoms with E-state index in [4.69, 9.17) is 0 Å². The molecule has 5 nitrogen and oxygen atoms in total. The number of fused-ring (bicyclic) bond motifs is 4. The molecule has 0 unspecified atom stereocenters. The number of carboxylic acid groups (broad SMARTS) is 1. The monoisotopic (exact) mass is 409 g/mol. The van der Waals surface area contributed by atoms with Crippen LogP contribution in [0.5, 0.6) is 0 Å². The quantitative estimate of drug-likeness (QED) is 0.524. The van der Waals surface area contributed by atoms with Crippen molar-refractivity contribution < 1.29 is 28.8 Å². The van der Waals surface area contributed by atoms with Crippen LogP contribution in [0.2, 0.25) is 0 Å². The first-order chi connectivity index (χ1) is 14.7. The van der Waals surface area contributed by atoms with Crippen molar-refractivity contribution in [2.45, 2.75) is 31.8 Å². The van der Waals surface area contributed by atoms with Gasteiger partial charge in [0.25, 0.3) is 0 Å². The zero-order valence-corrected chi connectivity index (χ0v) is 18.2. The Kier molecular flexibility index (Phi) is 6.88. The summed E-state index contributed by atoms with van der Waals surface area (Å²) in [6, 6.07) is 16.3. The fourth-order valence-electron chi connectivity index (χ4n) is 5.30. The van der Waals surface area contributed by atoms with Crippen molar-refractivity contribution >= 4 is 16.9 Å². The molecular weight excluding hydrogens is 381 g/mol. The maximum Gasteiger partial charge on any atom is 1.00 e. The van der Waals surface area contributed by atoms with E-state index in [1.54, 1.807) is 6.07 Å². The van der Waals surface area contributed by atoms with Gasteiger partial charge in [0.2, 0.25) is 0 Å². The molecule has 6 heteroatoms. The Bertz CT molecular complexity index is 1040. The van der Waals surface area contributed by atoms with E-state index in [-0.39, 0.29) is 24.4 Å². The number of hydrogen-bond acceptors (Lipinski definition) is 4. The molecule has 156 valence electrons. The van der Waals surface area contributed by atoms with E-state index < -0.39 is 5.97 Å². The normalized spacial score (nSPS) is 22.4. The molecule has 0 amide bonds. The molecule has 6 rings (SSSR count). The minimum atomic E-state index is -1.11. The molecule has 0 spiro atoms. The van der Waals surface area contributed by atoms with E-state index in [2.05, 4.69) is 33.1 Å². The van der Waals surface area contributed by atoms with Gasteiger partial charge in [-0.25, -0.2) is 0 Å². The maximum atomic E-state index is 11.8. The van der Waals surface area contributed by atoms with Gasteiger partial charge in [0, 0.05) is 41.8 Å². The first-order valence-corrected chi connectivity index (χ1v) is 11.0. The van der Waals surface area contributed by atoms with Gasteiger partial charge < -0.3 is 24.7 Å². The van der Waals surface area contributed by atoms with Gasteiger partial charge in [-0.3, -0.25) is 0 Å². The van der Waals surface area contributed by atoms with Gasteiger partial charge in [0.1, 0.15) is 0 Å². The average Bonchev–Trinajstić information content (AvgIpc) is 3.13. The van der Waals surface area contributed by atoms with E-state index in [1.165, 1.54) is 31.5 Å². The van der Waals surface area contributed by atoms with E-state index in [9.17, 15) is 9.90 Å². The van der Waals surface area contributed by atoms with Crippen LogP contribution in [0.25, 0.3) is 10.9 Å². The second kappa shape index (κ2) is 9.63. The fourth-order valence-corrected chi connectivity index (χ4v) is 5.30. The zero-order valence-electron chi connectivity index (χ0n) is 18.2. The molecule has 2 bridgehead atoms. The minimum Gasteiger partial charge on any atom is -0.545 e. The molecular formula is C25H28LiN3O2. The van der Waals surface area contributed by atoms with Crippen LogP contribution in [-0.4, -0.2) is 47.7 Å². The Balaban J connectivity index is 0.00000231. The van der Waals surface area contributed by atoms with E-state index in [0.717, 1.165) is 48.4 Å². The summed E-state index contributed by atoms with van der Waals surface area (Å²) in [6.45, 7) is 5.21. The summed E-state index contributed by atoms with van der Waals surface area (Å²) in [6.07, 6.45) is 5.53. The maximum absolute atomic E-state index is 11.8. The predicted molar refractivity (Wildman–Crippen MR) is 116 cm³/mol. The largest absolute Gasteiger partial charge is 1.00 e. The van der Waals surface area contributed by atoms with Crippen LogP contribution in [-0.2, 0) is 13.0 Å². The van der Waals surface area contributed by atoms with Crippen LogP contribution in [0.3, 0.4) is 0 Å². The molecule has 1 atom stereocenters. The molecule has 1 N–H and O–H groups in total. The van der Waals surface area contributed by atoms with Gasteiger partial charge in [-0.05, 0) is 62.0 Å². The van der Waals surface area contributed by atoms with Crippen LogP contribution in [0.1, 0.15) is 34.3 Å². The van der Waals surface area contributed by atoms with Crippen molar-refractivity contribution in [3.63, 3.8) is 0 Å². The number of hydrogen-bond donors (Lipinski definition) is 1. The molecule has 4 heterocycles. The number of nitrogens with one attached hydrogen (secondary N) is 1. The topological polar surface area (TPSA) is 60.3 Å². The molecule has 0 saturated carbocycles. The van der Waals surface area contributed by atoms with E-state index >= 15 is 0 Å². The predicted octanol–water partition coefficient (Wildman–Crippen LogP) is -0.717. The van der Waals surface area contributed by atoms with Crippen molar-refractivity contribution in [1.29, 1.82) is 0 Å². The van der Waals surface area contributed by atoms with Crippen molar-refractivity contribution in [2.24, 2.45) is 5.92 Å². The van der Waals surface area contributed by atoms with Crippen LogP contribution >= 0.6 is 0 Å². The third kappa shape index (κ3) is 4.61. The number of carboxylic acids is 1. The van der Waals surface area contributed by atoms with Gasteiger partial charge in [-0.15, -0.1) is 0 Å². The molecule has 2 aromatic carbocycles. The molecule has 3 aromatic rings. The summed E-state index contributed by atoms with van der Waals surface area (Å²) >= 11 is 0. The Morgan fingerprint density at radius 3 is 2.52 bits per heavy atom. The van der Waals surface area contributed by atoms with Crippen LogP contribution in [0, 0.1) is 5.92 Å².